The van der Waals surface area contributed by atoms with Crippen molar-refractivity contribution < 1.29 is 18.0 Å². The number of aryl methyl sites for hydroxylation is 1. The molecule has 9 heteroatoms. The summed E-state index contributed by atoms with van der Waals surface area (Å²) in [6.07, 6.45) is 3.64. The molecule has 0 atom stereocenters. The minimum absolute atomic E-state index is 0.0195. The Balaban J connectivity index is 1.66. The van der Waals surface area contributed by atoms with Crippen LogP contribution in [0.4, 0.5) is 0 Å². The molecule has 2 heterocycles. The van der Waals surface area contributed by atoms with Gasteiger partial charge in [0.2, 0.25) is 0 Å². The quantitative estimate of drug-likeness (QED) is 0.397. The molecule has 0 bridgehead atoms. The minimum atomic E-state index is -4.01. The van der Waals surface area contributed by atoms with Crippen molar-refractivity contribution in [3.8, 4) is 0 Å². The van der Waals surface area contributed by atoms with Gasteiger partial charge in [0.15, 0.2) is 5.78 Å². The Labute approximate surface area is 183 Å². The number of nitrogens with zero attached hydrogens (tertiary/aromatic N) is 3. The van der Waals surface area contributed by atoms with Gasteiger partial charge in [0.05, 0.1) is 21.6 Å². The zero-order chi connectivity index (χ0) is 22.2. The fourth-order valence-corrected chi connectivity index (χ4v) is 5.43. The van der Waals surface area contributed by atoms with E-state index in [1.165, 1.54) is 42.7 Å². The molecule has 0 fully saturated rings. The average molecular weight is 454 g/mol. The van der Waals surface area contributed by atoms with Gasteiger partial charge in [-0.1, -0.05) is 24.3 Å². The van der Waals surface area contributed by atoms with E-state index in [4.69, 9.17) is 0 Å². The summed E-state index contributed by atoms with van der Waals surface area (Å²) < 4.78 is 27.3. The molecule has 0 saturated heterocycles. The number of Topliss-reactive ketones (excluding diaryl/α,β-unsaturated/α-hetero) is 2. The SMILES string of the molecule is CC(=O)c1cccc(S(=O)(=O)n2ncc3ccc(CC(=O)Cc4cnc(C)s4)cc32)c1. The van der Waals surface area contributed by atoms with Crippen LogP contribution in [0.5, 0.6) is 0 Å². The molecule has 158 valence electrons. The highest BCUT2D eigenvalue weighted by Gasteiger charge is 2.22. The summed E-state index contributed by atoms with van der Waals surface area (Å²) in [7, 11) is -4.01. The fourth-order valence-electron chi connectivity index (χ4n) is 3.29. The first kappa shape index (κ1) is 21.1. The van der Waals surface area contributed by atoms with Gasteiger partial charge in [-0.3, -0.25) is 9.59 Å². The summed E-state index contributed by atoms with van der Waals surface area (Å²) >= 11 is 1.49. The van der Waals surface area contributed by atoms with Crippen LogP contribution in [0.2, 0.25) is 0 Å². The molecule has 0 aliphatic carbocycles. The van der Waals surface area contributed by atoms with Crippen molar-refractivity contribution in [2.75, 3.05) is 0 Å². The van der Waals surface area contributed by atoms with Gasteiger partial charge in [-0.05, 0) is 37.6 Å². The predicted molar refractivity (Wildman–Crippen MR) is 118 cm³/mol. The lowest BCUT2D eigenvalue weighted by atomic mass is 10.1. The number of hydrogen-bond donors (Lipinski definition) is 0. The van der Waals surface area contributed by atoms with E-state index in [2.05, 4.69) is 10.1 Å². The maximum atomic E-state index is 13.2. The normalized spacial score (nSPS) is 11.7. The van der Waals surface area contributed by atoms with E-state index in [0.29, 0.717) is 28.5 Å². The zero-order valence-electron chi connectivity index (χ0n) is 16.9. The van der Waals surface area contributed by atoms with Crippen molar-refractivity contribution in [3.63, 3.8) is 0 Å². The first-order chi connectivity index (χ1) is 14.7. The van der Waals surface area contributed by atoms with E-state index in [1.807, 2.05) is 6.92 Å². The van der Waals surface area contributed by atoms with Crippen LogP contribution in [0.25, 0.3) is 10.9 Å². The standard InChI is InChI=1S/C22H19N3O4S2/c1-14(26)17-4-3-5-21(10-17)31(28,29)25-22-9-16(6-7-18(22)12-24-25)8-19(27)11-20-13-23-15(2)30-20/h3-7,9-10,12-13H,8,11H2,1-2H3. The van der Waals surface area contributed by atoms with Crippen molar-refractivity contribution in [2.24, 2.45) is 0 Å². The maximum absolute atomic E-state index is 13.2. The van der Waals surface area contributed by atoms with Gasteiger partial charge in [-0.15, -0.1) is 11.3 Å². The van der Waals surface area contributed by atoms with E-state index >= 15 is 0 Å². The molecule has 0 spiro atoms. The molecule has 2 aromatic heterocycles. The van der Waals surface area contributed by atoms with Gasteiger partial charge < -0.3 is 0 Å². The van der Waals surface area contributed by atoms with E-state index in [-0.39, 0.29) is 22.9 Å². The molecule has 0 unspecified atom stereocenters. The number of thiazole rings is 1. The third-order valence-electron chi connectivity index (χ3n) is 4.81. The van der Waals surface area contributed by atoms with Gasteiger partial charge in [0.1, 0.15) is 5.78 Å². The number of fused-ring (bicyclic) bond motifs is 1. The van der Waals surface area contributed by atoms with Crippen molar-refractivity contribution in [1.29, 1.82) is 0 Å². The molecule has 0 amide bonds. The fraction of sp³-hybridized carbons (Fsp3) is 0.182. The lowest BCUT2D eigenvalue weighted by molar-refractivity contribution is -0.117. The number of benzene rings is 2. The number of aromatic nitrogens is 3. The summed E-state index contributed by atoms with van der Waals surface area (Å²) in [4.78, 5) is 29.2. The summed E-state index contributed by atoms with van der Waals surface area (Å²) in [6.45, 7) is 3.27. The summed E-state index contributed by atoms with van der Waals surface area (Å²) in [5.41, 5.74) is 1.39. The Morgan fingerprint density at radius 3 is 2.58 bits per heavy atom. The van der Waals surface area contributed by atoms with Crippen LogP contribution in [0, 0.1) is 6.92 Å². The second-order valence-electron chi connectivity index (χ2n) is 7.21. The van der Waals surface area contributed by atoms with Crippen molar-refractivity contribution in [3.05, 3.63) is 75.9 Å². The highest BCUT2D eigenvalue weighted by molar-refractivity contribution is 7.90. The van der Waals surface area contributed by atoms with E-state index < -0.39 is 10.0 Å². The van der Waals surface area contributed by atoms with Crippen LogP contribution >= 0.6 is 11.3 Å². The molecule has 4 rings (SSSR count). The van der Waals surface area contributed by atoms with Crippen molar-refractivity contribution in [1.82, 2.24) is 14.2 Å². The minimum Gasteiger partial charge on any atom is -0.299 e. The molecule has 0 saturated carbocycles. The van der Waals surface area contributed by atoms with Crippen LogP contribution in [0.15, 0.2) is 59.8 Å². The Hall–Kier alpha value is -3.17. The second-order valence-corrected chi connectivity index (χ2v) is 10.3. The van der Waals surface area contributed by atoms with Gasteiger partial charge in [-0.2, -0.15) is 17.6 Å². The van der Waals surface area contributed by atoms with Crippen LogP contribution in [0.1, 0.15) is 32.7 Å². The lowest BCUT2D eigenvalue weighted by Crippen LogP contribution is -2.15. The second kappa shape index (κ2) is 8.16. The van der Waals surface area contributed by atoms with Gasteiger partial charge in [0.25, 0.3) is 10.0 Å². The Morgan fingerprint density at radius 1 is 1.06 bits per heavy atom. The summed E-state index contributed by atoms with van der Waals surface area (Å²) in [5, 5.41) is 5.61. The van der Waals surface area contributed by atoms with Crippen LogP contribution < -0.4 is 0 Å². The van der Waals surface area contributed by atoms with Crippen LogP contribution in [-0.2, 0) is 27.7 Å². The predicted octanol–water partition coefficient (Wildman–Crippen LogP) is 3.60. The van der Waals surface area contributed by atoms with Gasteiger partial charge in [0, 0.05) is 34.9 Å². The van der Waals surface area contributed by atoms with Crippen molar-refractivity contribution >= 4 is 43.8 Å². The zero-order valence-corrected chi connectivity index (χ0v) is 18.5. The number of ketones is 2. The molecule has 4 aromatic rings. The monoisotopic (exact) mass is 453 g/mol. The Morgan fingerprint density at radius 2 is 1.87 bits per heavy atom. The molecule has 0 radical (unpaired) electrons. The van der Waals surface area contributed by atoms with Gasteiger partial charge in [-0.25, -0.2) is 4.98 Å². The molecule has 7 nitrogen and oxygen atoms in total. The molecule has 0 aliphatic rings. The molecule has 2 aromatic carbocycles. The van der Waals surface area contributed by atoms with E-state index in [9.17, 15) is 18.0 Å². The molecular formula is C22H19N3O4S2. The summed E-state index contributed by atoms with van der Waals surface area (Å²) in [5.74, 6) is -0.203. The third-order valence-corrected chi connectivity index (χ3v) is 7.32. The number of carbonyl (C=O) groups is 2. The number of carbonyl (C=O) groups excluding carboxylic acids is 2. The number of rotatable bonds is 7. The van der Waals surface area contributed by atoms with Crippen LogP contribution in [-0.4, -0.2) is 34.2 Å². The van der Waals surface area contributed by atoms with Crippen LogP contribution in [0.3, 0.4) is 0 Å². The molecule has 0 N–H and O–H groups in total. The first-order valence-electron chi connectivity index (χ1n) is 9.50. The highest BCUT2D eigenvalue weighted by atomic mass is 32.2. The first-order valence-corrected chi connectivity index (χ1v) is 11.8. The topological polar surface area (TPSA) is 99.0 Å². The molecule has 0 aliphatic heterocycles. The van der Waals surface area contributed by atoms with E-state index in [1.54, 1.807) is 30.5 Å². The van der Waals surface area contributed by atoms with E-state index in [0.717, 1.165) is 14.0 Å². The maximum Gasteiger partial charge on any atom is 0.283 e. The average Bonchev–Trinajstić information content (AvgIpc) is 3.33. The number of hydrogen-bond acceptors (Lipinski definition) is 7. The Bertz CT molecular complexity index is 1420. The molecule has 31 heavy (non-hydrogen) atoms. The summed E-state index contributed by atoms with van der Waals surface area (Å²) in [6, 6.07) is 11.1. The largest absolute Gasteiger partial charge is 0.299 e. The highest BCUT2D eigenvalue weighted by Crippen LogP contribution is 2.23. The third kappa shape index (κ3) is 4.33. The molecular weight excluding hydrogens is 434 g/mol. The lowest BCUT2D eigenvalue weighted by Gasteiger charge is -2.08. The van der Waals surface area contributed by atoms with Crippen molar-refractivity contribution in [2.45, 2.75) is 31.6 Å². The Kier molecular flexibility index (Phi) is 5.55. The smallest absolute Gasteiger partial charge is 0.283 e. The van der Waals surface area contributed by atoms with Gasteiger partial charge >= 0.3 is 0 Å².